The van der Waals surface area contributed by atoms with Gasteiger partial charge in [0.25, 0.3) is 0 Å². The van der Waals surface area contributed by atoms with Gasteiger partial charge in [-0.05, 0) is 38.5 Å². The number of thiazole rings is 1. The van der Waals surface area contributed by atoms with E-state index in [0.29, 0.717) is 11.3 Å². The summed E-state index contributed by atoms with van der Waals surface area (Å²) in [6.07, 6.45) is 0.0129. The summed E-state index contributed by atoms with van der Waals surface area (Å²) >= 11 is 1.23. The summed E-state index contributed by atoms with van der Waals surface area (Å²) in [7, 11) is 0. The Bertz CT molecular complexity index is 802. The molecule has 24 heavy (non-hydrogen) atoms. The minimum Gasteiger partial charge on any atom is -0.463 e. The predicted molar refractivity (Wildman–Crippen MR) is 90.3 cm³/mol. The van der Waals surface area contributed by atoms with Gasteiger partial charge in [0.05, 0.1) is 0 Å². The van der Waals surface area contributed by atoms with Crippen LogP contribution < -0.4 is 10.1 Å². The number of alkyl carbamates (subject to hydrolysis) is 1. The fourth-order valence-corrected chi connectivity index (χ4v) is 2.65. The smallest absolute Gasteiger partial charge is 0.433 e. The molecule has 0 saturated heterocycles. The van der Waals surface area contributed by atoms with Crippen molar-refractivity contribution >= 4 is 23.5 Å². The van der Waals surface area contributed by atoms with Gasteiger partial charge in [0.2, 0.25) is 4.80 Å². The summed E-state index contributed by atoms with van der Waals surface area (Å²) in [5, 5.41) is 13.3. The molecule has 0 saturated carbocycles. The van der Waals surface area contributed by atoms with Crippen LogP contribution >= 0.6 is 11.3 Å². The first-order valence-electron chi connectivity index (χ1n) is 7.24. The van der Waals surface area contributed by atoms with E-state index < -0.39 is 17.8 Å². The Hall–Kier alpha value is -2.61. The number of nitrogens with zero attached hydrogens (tertiary/aromatic N) is 2. The van der Waals surface area contributed by atoms with Crippen molar-refractivity contribution in [3.05, 3.63) is 46.2 Å². The monoisotopic (exact) mass is 349 g/mol. The van der Waals surface area contributed by atoms with Crippen molar-refractivity contribution in [3.63, 3.8) is 0 Å². The van der Waals surface area contributed by atoms with E-state index in [1.165, 1.54) is 11.3 Å². The maximum absolute atomic E-state index is 11.7. The molecule has 0 aliphatic carbocycles. The maximum atomic E-state index is 11.7. The third kappa shape index (κ3) is 5.24. The number of rotatable bonds is 3. The molecule has 0 aliphatic rings. The minimum atomic E-state index is -1.24. The molecule has 2 aromatic rings. The lowest BCUT2D eigenvalue weighted by Crippen LogP contribution is -2.32. The van der Waals surface area contributed by atoms with Crippen LogP contribution in [-0.2, 0) is 11.3 Å². The fraction of sp³-hybridized carbons (Fsp3) is 0.312. The highest BCUT2D eigenvalue weighted by atomic mass is 32.1. The van der Waals surface area contributed by atoms with Gasteiger partial charge in [-0.1, -0.05) is 12.1 Å². The number of aromatic nitrogens is 1. The number of nitrogens with one attached hydrogen (secondary N) is 1. The molecule has 128 valence electrons. The Morgan fingerprint density at radius 3 is 2.79 bits per heavy atom. The average Bonchev–Trinajstić information content (AvgIpc) is 2.91. The first-order valence-corrected chi connectivity index (χ1v) is 8.12. The molecule has 0 atom stereocenters. The Morgan fingerprint density at radius 1 is 1.38 bits per heavy atom. The van der Waals surface area contributed by atoms with E-state index in [0.717, 1.165) is 11.3 Å². The number of amides is 2. The van der Waals surface area contributed by atoms with Crippen LogP contribution in [0.3, 0.4) is 0 Å². The van der Waals surface area contributed by atoms with Crippen LogP contribution in [0.4, 0.5) is 9.59 Å². The molecule has 1 aromatic carbocycles. The lowest BCUT2D eigenvalue weighted by Gasteiger charge is -2.19. The van der Waals surface area contributed by atoms with Gasteiger partial charge >= 0.3 is 12.2 Å². The van der Waals surface area contributed by atoms with Gasteiger partial charge in [0, 0.05) is 23.8 Å². The van der Waals surface area contributed by atoms with Crippen LogP contribution in [0.2, 0.25) is 0 Å². The molecule has 0 bridgehead atoms. The molecule has 0 aliphatic heterocycles. The molecule has 0 radical (unpaired) electrons. The predicted octanol–water partition coefficient (Wildman–Crippen LogP) is 3.14. The van der Waals surface area contributed by atoms with Gasteiger partial charge in [0.1, 0.15) is 5.60 Å². The van der Waals surface area contributed by atoms with Gasteiger partial charge in [-0.25, -0.2) is 9.59 Å². The summed E-state index contributed by atoms with van der Waals surface area (Å²) < 4.78 is 6.87. The molecule has 0 fully saturated rings. The standard InChI is InChI=1S/C16H19N3O4S/c1-16(2,3)23-15(22)17-10-11-5-4-6-12(9-11)19-7-8-24-13(19)18-14(20)21/h4-9H,10H2,1-3H3,(H,17,22)(H,20,21). The second kappa shape index (κ2) is 7.31. The number of carbonyl (C=O) groups is 2. The topological polar surface area (TPSA) is 92.9 Å². The number of carboxylic acid groups (broad SMARTS) is 1. The Kier molecular flexibility index (Phi) is 5.40. The molecule has 2 rings (SSSR count). The highest BCUT2D eigenvalue weighted by Gasteiger charge is 2.15. The molecular weight excluding hydrogens is 330 g/mol. The summed E-state index contributed by atoms with van der Waals surface area (Å²) in [6.45, 7) is 5.70. The zero-order valence-corrected chi connectivity index (χ0v) is 14.5. The third-order valence-electron chi connectivity index (χ3n) is 2.81. The largest absolute Gasteiger partial charge is 0.463 e. The molecule has 0 unspecified atom stereocenters. The molecular formula is C16H19N3O4S. The van der Waals surface area contributed by atoms with E-state index in [9.17, 15) is 9.59 Å². The highest BCUT2D eigenvalue weighted by molar-refractivity contribution is 7.07. The average molecular weight is 349 g/mol. The van der Waals surface area contributed by atoms with E-state index in [4.69, 9.17) is 9.84 Å². The molecule has 0 spiro atoms. The number of hydrogen-bond acceptors (Lipinski definition) is 4. The summed E-state index contributed by atoms with van der Waals surface area (Å²) in [4.78, 5) is 26.4. The lowest BCUT2D eigenvalue weighted by atomic mass is 10.2. The van der Waals surface area contributed by atoms with E-state index in [1.54, 1.807) is 36.9 Å². The second-order valence-corrected chi connectivity index (χ2v) is 6.85. The van der Waals surface area contributed by atoms with E-state index in [1.807, 2.05) is 24.3 Å². The van der Waals surface area contributed by atoms with Crippen LogP contribution in [0.1, 0.15) is 26.3 Å². The molecule has 2 N–H and O–H groups in total. The van der Waals surface area contributed by atoms with Gasteiger partial charge in [-0.3, -0.25) is 4.57 Å². The first-order chi connectivity index (χ1) is 11.2. The number of carbonyl (C=O) groups excluding carboxylic acids is 1. The van der Waals surface area contributed by atoms with Crippen LogP contribution in [-0.4, -0.2) is 27.5 Å². The van der Waals surface area contributed by atoms with Gasteiger partial charge in [-0.15, -0.1) is 16.3 Å². The number of hydrogen-bond donors (Lipinski definition) is 2. The van der Waals surface area contributed by atoms with E-state index in [-0.39, 0.29) is 0 Å². The van der Waals surface area contributed by atoms with Crippen LogP contribution in [0.15, 0.2) is 40.8 Å². The van der Waals surface area contributed by atoms with Crippen molar-refractivity contribution in [2.24, 2.45) is 4.99 Å². The normalized spacial score (nSPS) is 12.0. The van der Waals surface area contributed by atoms with Gasteiger partial charge in [0.15, 0.2) is 0 Å². The minimum absolute atomic E-state index is 0.304. The number of benzene rings is 1. The lowest BCUT2D eigenvalue weighted by molar-refractivity contribution is 0.0523. The maximum Gasteiger partial charge on any atom is 0.433 e. The summed E-state index contributed by atoms with van der Waals surface area (Å²) in [6, 6.07) is 7.38. The van der Waals surface area contributed by atoms with E-state index >= 15 is 0 Å². The van der Waals surface area contributed by atoms with Crippen molar-refractivity contribution in [1.82, 2.24) is 9.88 Å². The molecule has 8 heteroatoms. The van der Waals surface area contributed by atoms with Crippen molar-refractivity contribution < 1.29 is 19.4 Å². The van der Waals surface area contributed by atoms with Gasteiger partial charge in [-0.2, -0.15) is 0 Å². The van der Waals surface area contributed by atoms with Crippen molar-refractivity contribution in [2.75, 3.05) is 0 Å². The Labute approximate surface area is 143 Å². The first kappa shape index (κ1) is 17.7. The quantitative estimate of drug-likeness (QED) is 0.890. The Morgan fingerprint density at radius 2 is 2.12 bits per heavy atom. The van der Waals surface area contributed by atoms with E-state index in [2.05, 4.69) is 10.3 Å². The zero-order valence-electron chi connectivity index (χ0n) is 13.6. The molecule has 1 heterocycles. The van der Waals surface area contributed by atoms with Crippen LogP contribution in [0.5, 0.6) is 0 Å². The van der Waals surface area contributed by atoms with Crippen molar-refractivity contribution in [2.45, 2.75) is 32.9 Å². The van der Waals surface area contributed by atoms with Crippen molar-refractivity contribution in [1.29, 1.82) is 0 Å². The molecule has 2 amide bonds. The fourth-order valence-electron chi connectivity index (χ4n) is 1.94. The molecule has 1 aromatic heterocycles. The summed E-state index contributed by atoms with van der Waals surface area (Å²) in [5.41, 5.74) is 1.07. The zero-order chi connectivity index (χ0) is 17.7. The van der Waals surface area contributed by atoms with Gasteiger partial charge < -0.3 is 15.2 Å². The third-order valence-corrected chi connectivity index (χ3v) is 3.56. The van der Waals surface area contributed by atoms with Crippen molar-refractivity contribution in [3.8, 4) is 5.69 Å². The number of ether oxygens (including phenoxy) is 1. The Balaban J connectivity index is 2.14. The summed E-state index contributed by atoms with van der Waals surface area (Å²) in [5.74, 6) is 0. The second-order valence-electron chi connectivity index (χ2n) is 5.98. The molecule has 7 nitrogen and oxygen atoms in total. The van der Waals surface area contributed by atoms with Crippen LogP contribution in [0.25, 0.3) is 5.69 Å². The van der Waals surface area contributed by atoms with Crippen LogP contribution in [0, 0.1) is 0 Å². The SMILES string of the molecule is CC(C)(C)OC(=O)NCc1cccc(-n2ccsc2=NC(=O)O)c1. The highest BCUT2D eigenvalue weighted by Crippen LogP contribution is 2.11.